The van der Waals surface area contributed by atoms with Crippen molar-refractivity contribution in [2.45, 2.75) is 38.3 Å². The molecule has 1 heterocycles. The highest BCUT2D eigenvalue weighted by molar-refractivity contribution is 5.49. The topological polar surface area (TPSA) is 38.5 Å². The van der Waals surface area contributed by atoms with Crippen molar-refractivity contribution in [2.24, 2.45) is 11.7 Å². The average molecular weight is 280 g/mol. The van der Waals surface area contributed by atoms with Crippen molar-refractivity contribution < 1.29 is 9.13 Å². The summed E-state index contributed by atoms with van der Waals surface area (Å²) in [6.45, 7) is 5.59. The summed E-state index contributed by atoms with van der Waals surface area (Å²) in [7, 11) is 2.00. The van der Waals surface area contributed by atoms with Gasteiger partial charge in [0, 0.05) is 25.9 Å². The first-order valence-corrected chi connectivity index (χ1v) is 7.29. The van der Waals surface area contributed by atoms with Crippen LogP contribution in [0, 0.1) is 11.7 Å². The van der Waals surface area contributed by atoms with Crippen molar-refractivity contribution in [3.63, 3.8) is 0 Å². The Morgan fingerprint density at radius 1 is 1.50 bits per heavy atom. The number of likely N-dealkylation sites (N-methyl/N-ethyl adjacent to an activating group) is 1. The fourth-order valence-electron chi connectivity index (χ4n) is 2.95. The molecule has 2 rings (SSSR count). The smallest absolute Gasteiger partial charge is 0.125 e. The largest absolute Gasteiger partial charge is 0.378 e. The van der Waals surface area contributed by atoms with E-state index in [1.807, 2.05) is 13.1 Å². The lowest BCUT2D eigenvalue weighted by Gasteiger charge is -2.48. The van der Waals surface area contributed by atoms with Gasteiger partial charge in [-0.3, -0.25) is 0 Å². The zero-order valence-electron chi connectivity index (χ0n) is 12.6. The number of halogens is 1. The van der Waals surface area contributed by atoms with Crippen LogP contribution in [0.2, 0.25) is 0 Å². The fraction of sp³-hybridized carbons (Fsp3) is 0.625. The van der Waals surface area contributed by atoms with Crippen LogP contribution in [-0.4, -0.2) is 31.8 Å². The summed E-state index contributed by atoms with van der Waals surface area (Å²) in [4.78, 5) is 2.13. The monoisotopic (exact) mass is 280 g/mol. The Bertz CT molecular complexity index is 452. The van der Waals surface area contributed by atoms with E-state index in [4.69, 9.17) is 10.5 Å². The van der Waals surface area contributed by atoms with Gasteiger partial charge in [-0.05, 0) is 37.0 Å². The summed E-state index contributed by atoms with van der Waals surface area (Å²) in [5.41, 5.74) is 6.81. The summed E-state index contributed by atoms with van der Waals surface area (Å²) in [5, 5.41) is 0. The van der Waals surface area contributed by atoms with Crippen LogP contribution in [0.15, 0.2) is 24.3 Å². The van der Waals surface area contributed by atoms with Gasteiger partial charge in [0.2, 0.25) is 0 Å². The van der Waals surface area contributed by atoms with E-state index in [0.29, 0.717) is 19.1 Å². The summed E-state index contributed by atoms with van der Waals surface area (Å²) in [6.07, 6.45) is 1.97. The van der Waals surface area contributed by atoms with E-state index < -0.39 is 0 Å². The van der Waals surface area contributed by atoms with Gasteiger partial charge in [-0.2, -0.15) is 0 Å². The van der Waals surface area contributed by atoms with Crippen LogP contribution in [0.25, 0.3) is 0 Å². The summed E-state index contributed by atoms with van der Waals surface area (Å²) < 4.78 is 19.3. The van der Waals surface area contributed by atoms with Gasteiger partial charge >= 0.3 is 0 Å². The third-order valence-electron chi connectivity index (χ3n) is 4.51. The number of nitrogens with zero attached hydrogens (tertiary/aromatic N) is 1. The first kappa shape index (κ1) is 15.3. The second-order valence-corrected chi connectivity index (χ2v) is 6.07. The summed E-state index contributed by atoms with van der Waals surface area (Å²) >= 11 is 0. The van der Waals surface area contributed by atoms with Crippen LogP contribution in [0.4, 0.5) is 10.1 Å². The third-order valence-corrected chi connectivity index (χ3v) is 4.51. The average Bonchev–Trinajstić information content (AvgIpc) is 2.46. The molecule has 0 radical (unpaired) electrons. The van der Waals surface area contributed by atoms with Gasteiger partial charge in [0.1, 0.15) is 5.82 Å². The maximum Gasteiger partial charge on any atom is 0.125 e. The minimum Gasteiger partial charge on any atom is -0.378 e. The van der Waals surface area contributed by atoms with Crippen LogP contribution in [0.1, 0.15) is 26.7 Å². The zero-order valence-corrected chi connectivity index (χ0v) is 12.6. The third kappa shape index (κ3) is 2.96. The summed E-state index contributed by atoms with van der Waals surface area (Å²) in [5.74, 6) is 0.246. The highest BCUT2D eigenvalue weighted by Crippen LogP contribution is 2.35. The second kappa shape index (κ2) is 6.10. The molecule has 0 saturated carbocycles. The highest BCUT2D eigenvalue weighted by Gasteiger charge is 2.40. The number of nitrogens with two attached hydrogens (primary N) is 1. The van der Waals surface area contributed by atoms with Crippen LogP contribution < -0.4 is 10.6 Å². The van der Waals surface area contributed by atoms with E-state index >= 15 is 0 Å². The number of ether oxygens (including phenoxy) is 1. The number of hydrogen-bond acceptors (Lipinski definition) is 3. The molecule has 4 heteroatoms. The van der Waals surface area contributed by atoms with Gasteiger partial charge in [0.15, 0.2) is 0 Å². The van der Waals surface area contributed by atoms with E-state index in [-0.39, 0.29) is 17.5 Å². The van der Waals surface area contributed by atoms with Crippen LogP contribution in [0.3, 0.4) is 0 Å². The molecule has 1 aliphatic heterocycles. The standard InChI is InChI=1S/C16H25FN2O/c1-12(2)15-10-16(11-18,7-8-20-15)19(3)14-6-4-5-13(17)9-14/h4-6,9,12,15H,7-8,10-11,18H2,1-3H3. The van der Waals surface area contributed by atoms with Gasteiger partial charge in [-0.25, -0.2) is 4.39 Å². The molecule has 0 spiro atoms. The minimum absolute atomic E-state index is 0.152. The zero-order chi connectivity index (χ0) is 14.8. The molecule has 0 aliphatic carbocycles. The molecular formula is C16H25FN2O. The first-order chi connectivity index (χ1) is 9.48. The Hall–Kier alpha value is -1.13. The summed E-state index contributed by atoms with van der Waals surface area (Å²) in [6, 6.07) is 6.70. The molecule has 112 valence electrons. The lowest BCUT2D eigenvalue weighted by molar-refractivity contribution is -0.0412. The molecule has 1 saturated heterocycles. The maximum atomic E-state index is 13.4. The number of benzene rings is 1. The Morgan fingerprint density at radius 3 is 2.85 bits per heavy atom. The molecule has 2 unspecified atom stereocenters. The number of hydrogen-bond donors (Lipinski definition) is 1. The van der Waals surface area contributed by atoms with Gasteiger partial charge < -0.3 is 15.4 Å². The van der Waals surface area contributed by atoms with Crippen molar-refractivity contribution in [2.75, 3.05) is 25.1 Å². The molecular weight excluding hydrogens is 255 g/mol. The Kier molecular flexibility index (Phi) is 4.66. The van der Waals surface area contributed by atoms with E-state index in [2.05, 4.69) is 18.7 Å². The molecule has 3 nitrogen and oxygen atoms in total. The van der Waals surface area contributed by atoms with Gasteiger partial charge in [0.25, 0.3) is 0 Å². The molecule has 1 aromatic rings. The van der Waals surface area contributed by atoms with Crippen LogP contribution >= 0.6 is 0 Å². The lowest BCUT2D eigenvalue weighted by Crippen LogP contribution is -2.58. The minimum atomic E-state index is -0.214. The number of rotatable bonds is 4. The van der Waals surface area contributed by atoms with E-state index in [1.54, 1.807) is 12.1 Å². The van der Waals surface area contributed by atoms with E-state index in [0.717, 1.165) is 18.5 Å². The van der Waals surface area contributed by atoms with Crippen LogP contribution in [0.5, 0.6) is 0 Å². The Morgan fingerprint density at radius 2 is 2.25 bits per heavy atom. The molecule has 0 amide bonds. The lowest BCUT2D eigenvalue weighted by atomic mass is 9.81. The van der Waals surface area contributed by atoms with Gasteiger partial charge in [-0.1, -0.05) is 19.9 Å². The molecule has 0 aromatic heterocycles. The molecule has 0 bridgehead atoms. The SMILES string of the molecule is CC(C)C1CC(CN)(N(C)c2cccc(F)c2)CCO1. The normalized spacial score (nSPS) is 26.8. The van der Waals surface area contributed by atoms with Crippen LogP contribution in [-0.2, 0) is 4.74 Å². The fourth-order valence-corrected chi connectivity index (χ4v) is 2.95. The Labute approximate surface area is 120 Å². The van der Waals surface area contributed by atoms with Gasteiger partial charge in [0.05, 0.1) is 11.6 Å². The molecule has 20 heavy (non-hydrogen) atoms. The predicted molar refractivity (Wildman–Crippen MR) is 80.4 cm³/mol. The molecule has 1 aromatic carbocycles. The number of anilines is 1. The molecule has 2 atom stereocenters. The molecule has 1 aliphatic rings. The van der Waals surface area contributed by atoms with Crippen molar-refractivity contribution in [1.82, 2.24) is 0 Å². The second-order valence-electron chi connectivity index (χ2n) is 6.07. The van der Waals surface area contributed by atoms with E-state index in [1.165, 1.54) is 6.07 Å². The van der Waals surface area contributed by atoms with Crippen molar-refractivity contribution in [3.05, 3.63) is 30.1 Å². The van der Waals surface area contributed by atoms with Crippen molar-refractivity contribution in [1.29, 1.82) is 0 Å². The van der Waals surface area contributed by atoms with Gasteiger partial charge in [-0.15, -0.1) is 0 Å². The molecule has 1 fully saturated rings. The Balaban J connectivity index is 2.25. The van der Waals surface area contributed by atoms with Crippen molar-refractivity contribution in [3.8, 4) is 0 Å². The quantitative estimate of drug-likeness (QED) is 0.921. The molecule has 2 N–H and O–H groups in total. The first-order valence-electron chi connectivity index (χ1n) is 7.29. The van der Waals surface area contributed by atoms with E-state index in [9.17, 15) is 4.39 Å². The predicted octanol–water partition coefficient (Wildman–Crippen LogP) is 2.79. The highest BCUT2D eigenvalue weighted by atomic mass is 19.1. The van der Waals surface area contributed by atoms with Crippen molar-refractivity contribution >= 4 is 5.69 Å². The maximum absolute atomic E-state index is 13.4.